The first kappa shape index (κ1) is 25.2. The zero-order valence-corrected chi connectivity index (χ0v) is 19.9. The number of nitrogens with zero attached hydrogens (tertiary/aromatic N) is 5. The highest BCUT2D eigenvalue weighted by Gasteiger charge is 2.12. The molecular weight excluding hydrogens is 507 g/mol. The van der Waals surface area contributed by atoms with E-state index in [0.29, 0.717) is 22.0 Å². The molecule has 2 aromatic carbocycles. The van der Waals surface area contributed by atoms with Crippen molar-refractivity contribution >= 4 is 35.4 Å². The van der Waals surface area contributed by atoms with E-state index in [2.05, 4.69) is 41.1 Å². The van der Waals surface area contributed by atoms with Crippen LogP contribution in [-0.2, 0) is 16.1 Å². The molecule has 0 unspecified atom stereocenters. The number of rotatable bonds is 7. The van der Waals surface area contributed by atoms with Crippen LogP contribution in [0.2, 0.25) is 5.02 Å². The minimum atomic E-state index is -0.831. The maximum atomic E-state index is 14.4. The Morgan fingerprint density at radius 2 is 2.05 bits per heavy atom. The number of nitrogens with one attached hydrogen (secondary N) is 3. The van der Waals surface area contributed by atoms with E-state index in [0.717, 1.165) is 13.2 Å². The highest BCUT2D eigenvalue weighted by atomic mass is 35.5. The topological polar surface area (TPSA) is 157 Å². The number of amides is 2. The molecule has 4 rings (SSSR count). The van der Waals surface area contributed by atoms with Gasteiger partial charge in [0.05, 0.1) is 36.3 Å². The van der Waals surface area contributed by atoms with Gasteiger partial charge in [0.25, 0.3) is 5.56 Å². The Bertz CT molecular complexity index is 1540. The van der Waals surface area contributed by atoms with Crippen molar-refractivity contribution in [2.24, 2.45) is 0 Å². The van der Waals surface area contributed by atoms with E-state index in [-0.39, 0.29) is 23.4 Å². The largest absolute Gasteiger partial charge is 0.453 e. The molecule has 14 heteroatoms. The molecule has 0 spiro atoms. The highest BCUT2D eigenvalue weighted by Crippen LogP contribution is 2.23. The number of aromatic nitrogens is 6. The van der Waals surface area contributed by atoms with E-state index < -0.39 is 23.4 Å². The van der Waals surface area contributed by atoms with E-state index in [9.17, 15) is 18.8 Å². The van der Waals surface area contributed by atoms with Crippen LogP contribution in [0.3, 0.4) is 0 Å². The van der Waals surface area contributed by atoms with E-state index in [4.69, 9.17) is 11.6 Å². The zero-order valence-electron chi connectivity index (χ0n) is 19.1. The third kappa shape index (κ3) is 6.21. The van der Waals surface area contributed by atoms with E-state index >= 15 is 0 Å². The molecule has 2 amide bonds. The Hall–Kier alpha value is -4.91. The van der Waals surface area contributed by atoms with Crippen molar-refractivity contribution in [2.45, 2.75) is 6.54 Å². The number of halogens is 2. The third-order valence-corrected chi connectivity index (χ3v) is 5.24. The lowest BCUT2D eigenvalue weighted by Gasteiger charge is -2.08. The minimum Gasteiger partial charge on any atom is -0.453 e. The van der Waals surface area contributed by atoms with E-state index in [1.807, 2.05) is 0 Å². The van der Waals surface area contributed by atoms with Crippen molar-refractivity contribution < 1.29 is 18.7 Å². The monoisotopic (exact) mass is 524 g/mol. The second-order valence-electron chi connectivity index (χ2n) is 7.42. The molecule has 0 aliphatic carbocycles. The third-order valence-electron chi connectivity index (χ3n) is 5.00. The average molecular weight is 525 g/mol. The van der Waals surface area contributed by atoms with Crippen LogP contribution < -0.4 is 16.2 Å². The van der Waals surface area contributed by atoms with Crippen molar-refractivity contribution in [3.8, 4) is 16.8 Å². The Kier molecular flexibility index (Phi) is 7.64. The maximum absolute atomic E-state index is 14.4. The van der Waals surface area contributed by atoms with Gasteiger partial charge in [-0.3, -0.25) is 14.9 Å². The predicted octanol–water partition coefficient (Wildman–Crippen LogP) is 2.71. The molecule has 0 fully saturated rings. The van der Waals surface area contributed by atoms with Crippen molar-refractivity contribution in [1.82, 2.24) is 35.7 Å². The lowest BCUT2D eigenvalue weighted by molar-refractivity contribution is -0.116. The first-order chi connectivity index (χ1) is 17.8. The summed E-state index contributed by atoms with van der Waals surface area (Å²) in [6.07, 6.45) is 3.43. The number of anilines is 1. The summed E-state index contributed by atoms with van der Waals surface area (Å²) in [5, 5.41) is 22.6. The molecule has 0 bridgehead atoms. The van der Waals surface area contributed by atoms with Gasteiger partial charge >= 0.3 is 6.09 Å². The molecule has 37 heavy (non-hydrogen) atoms. The van der Waals surface area contributed by atoms with Crippen LogP contribution in [0.15, 0.2) is 59.7 Å². The summed E-state index contributed by atoms with van der Waals surface area (Å²) in [6.45, 7) is -0.0210. The second-order valence-corrected chi connectivity index (χ2v) is 7.86. The van der Waals surface area contributed by atoms with Gasteiger partial charge in [-0.05, 0) is 58.5 Å². The van der Waals surface area contributed by atoms with Gasteiger partial charge in [-0.25, -0.2) is 14.3 Å². The Morgan fingerprint density at radius 1 is 1.22 bits per heavy atom. The van der Waals surface area contributed by atoms with Crippen molar-refractivity contribution in [1.29, 1.82) is 0 Å². The normalized spacial score (nSPS) is 10.9. The minimum absolute atomic E-state index is 0.0210. The number of H-pyrrole nitrogens is 1. The van der Waals surface area contributed by atoms with Crippen molar-refractivity contribution in [2.75, 3.05) is 12.4 Å². The molecule has 2 aromatic heterocycles. The number of aromatic amines is 1. The molecular formula is C23H18ClFN8O4. The number of methoxy groups -OCH3 is 1. The zero-order chi connectivity index (χ0) is 26.4. The molecule has 0 saturated heterocycles. The molecule has 0 aliphatic rings. The van der Waals surface area contributed by atoms with Crippen LogP contribution >= 0.6 is 11.6 Å². The fourth-order valence-electron chi connectivity index (χ4n) is 3.24. The Labute approximate surface area is 213 Å². The summed E-state index contributed by atoms with van der Waals surface area (Å²) in [7, 11) is 1.15. The van der Waals surface area contributed by atoms with Crippen LogP contribution in [-0.4, -0.2) is 49.5 Å². The summed E-state index contributed by atoms with van der Waals surface area (Å²) in [6, 6.07) is 10.3. The molecule has 188 valence electrons. The van der Waals surface area contributed by atoms with Gasteiger partial charge in [0.1, 0.15) is 12.1 Å². The Balaban J connectivity index is 1.46. The highest BCUT2D eigenvalue weighted by molar-refractivity contribution is 6.30. The molecule has 4 aromatic rings. The number of benzene rings is 2. The second kappa shape index (κ2) is 11.2. The summed E-state index contributed by atoms with van der Waals surface area (Å²) in [5.74, 6) is -1.21. The number of hydrogen-bond acceptors (Lipinski definition) is 8. The quantitative estimate of drug-likeness (QED) is 0.311. The van der Waals surface area contributed by atoms with Crippen LogP contribution in [0.25, 0.3) is 22.9 Å². The first-order valence-corrected chi connectivity index (χ1v) is 10.9. The number of ether oxygens (including phenoxy) is 1. The maximum Gasteiger partial charge on any atom is 0.411 e. The number of carbonyl (C=O) groups is 2. The summed E-state index contributed by atoms with van der Waals surface area (Å²) >= 11 is 6.08. The van der Waals surface area contributed by atoms with Gasteiger partial charge < -0.3 is 10.1 Å². The predicted molar refractivity (Wildman–Crippen MR) is 131 cm³/mol. The lowest BCUT2D eigenvalue weighted by Crippen LogP contribution is -2.23. The molecule has 0 atom stereocenters. The fourth-order valence-corrected chi connectivity index (χ4v) is 3.42. The van der Waals surface area contributed by atoms with Crippen LogP contribution in [0, 0.1) is 5.82 Å². The van der Waals surface area contributed by atoms with Gasteiger partial charge in [-0.2, -0.15) is 9.78 Å². The fraction of sp³-hybridized carbons (Fsp3) is 0.0870. The Morgan fingerprint density at radius 3 is 2.78 bits per heavy atom. The molecule has 0 aliphatic heterocycles. The molecule has 0 saturated carbocycles. The molecule has 2 heterocycles. The number of tetrazole rings is 1. The van der Waals surface area contributed by atoms with Gasteiger partial charge in [-0.1, -0.05) is 17.7 Å². The van der Waals surface area contributed by atoms with Gasteiger partial charge in [0.15, 0.2) is 0 Å². The number of carbonyl (C=O) groups excluding carboxylic acids is 2. The summed E-state index contributed by atoms with van der Waals surface area (Å²) < 4.78 is 20.3. The smallest absolute Gasteiger partial charge is 0.411 e. The van der Waals surface area contributed by atoms with Gasteiger partial charge in [0, 0.05) is 16.7 Å². The molecule has 0 radical (unpaired) electrons. The lowest BCUT2D eigenvalue weighted by atomic mass is 10.1. The van der Waals surface area contributed by atoms with Crippen LogP contribution in [0.1, 0.15) is 11.3 Å². The van der Waals surface area contributed by atoms with E-state index in [1.54, 1.807) is 24.3 Å². The number of hydrogen-bond donors (Lipinski definition) is 3. The van der Waals surface area contributed by atoms with Crippen molar-refractivity contribution in [3.05, 3.63) is 87.3 Å². The molecule has 3 N–H and O–H groups in total. The molecule has 12 nitrogen and oxygen atoms in total. The van der Waals surface area contributed by atoms with Crippen LogP contribution in [0.4, 0.5) is 14.9 Å². The van der Waals surface area contributed by atoms with Gasteiger partial charge in [0.2, 0.25) is 5.91 Å². The van der Waals surface area contributed by atoms with E-state index in [1.165, 1.54) is 35.3 Å². The summed E-state index contributed by atoms with van der Waals surface area (Å²) in [4.78, 5) is 36.0. The van der Waals surface area contributed by atoms with Crippen molar-refractivity contribution in [3.63, 3.8) is 0 Å². The standard InChI is InChI=1S/C23H18ClFN8O4/c1-37-23(36)28-19-5-2-13(9-18(19)25)17-10-16(29-30-22(17)35)11-26-21(34)7-3-14-8-15(24)4-6-20(14)33-12-27-31-32-33/h2-10,12H,11H2,1H3,(H,26,34)(H,28,36)(H,30,35)/b7-3+. The first-order valence-electron chi connectivity index (χ1n) is 10.6. The van der Waals surface area contributed by atoms with Gasteiger partial charge in [-0.15, -0.1) is 5.10 Å². The SMILES string of the molecule is COC(=O)Nc1ccc(-c2cc(CNC(=O)/C=C/c3cc(Cl)ccc3-n3cnnn3)n[nH]c2=O)cc1F. The van der Waals surface area contributed by atoms with Crippen LogP contribution in [0.5, 0.6) is 0 Å². The summed E-state index contributed by atoms with van der Waals surface area (Å²) in [5.41, 5.74) is 1.26. The average Bonchev–Trinajstić information content (AvgIpc) is 3.43.